The predicted octanol–water partition coefficient (Wildman–Crippen LogP) is 4.21. The van der Waals surface area contributed by atoms with E-state index in [1.165, 1.54) is 11.8 Å². The number of carbonyl (C=O) groups is 1. The summed E-state index contributed by atoms with van der Waals surface area (Å²) in [5.74, 6) is -0.0749. The molecule has 2 N–H and O–H groups in total. The number of nitrogens with two attached hydrogens (primary N) is 1. The van der Waals surface area contributed by atoms with E-state index in [1.807, 2.05) is 29.9 Å². The fourth-order valence-electron chi connectivity index (χ4n) is 4.03. The Balaban J connectivity index is 1.88. The van der Waals surface area contributed by atoms with Crippen molar-refractivity contribution in [3.05, 3.63) is 46.8 Å². The lowest BCUT2D eigenvalue weighted by molar-refractivity contribution is -0.0332. The Morgan fingerprint density at radius 3 is 2.90 bits per heavy atom. The van der Waals surface area contributed by atoms with Crippen molar-refractivity contribution in [1.29, 1.82) is 0 Å². The van der Waals surface area contributed by atoms with Gasteiger partial charge in [-0.25, -0.2) is 18.7 Å². The first-order valence-corrected chi connectivity index (χ1v) is 10.9. The summed E-state index contributed by atoms with van der Waals surface area (Å²) < 4.78 is 32.8. The lowest BCUT2D eigenvalue weighted by Crippen LogP contribution is -2.20. The Labute approximate surface area is 176 Å². The van der Waals surface area contributed by atoms with Gasteiger partial charge in [-0.3, -0.25) is 9.36 Å². The number of benzene rings is 1. The van der Waals surface area contributed by atoms with Gasteiger partial charge in [0.1, 0.15) is 17.7 Å². The molecule has 30 heavy (non-hydrogen) atoms. The van der Waals surface area contributed by atoms with Gasteiger partial charge in [-0.1, -0.05) is 6.07 Å². The number of hydrogen-bond donors (Lipinski definition) is 1. The van der Waals surface area contributed by atoms with Crippen LogP contribution in [0.25, 0.3) is 16.9 Å². The van der Waals surface area contributed by atoms with Crippen LogP contribution < -0.4 is 5.73 Å². The number of thioether (sulfide) groups is 1. The van der Waals surface area contributed by atoms with Crippen LogP contribution in [-0.2, 0) is 11.2 Å². The van der Waals surface area contributed by atoms with E-state index in [-0.39, 0.29) is 0 Å². The van der Waals surface area contributed by atoms with Crippen molar-refractivity contribution >= 4 is 28.6 Å². The molecule has 0 saturated carbocycles. The van der Waals surface area contributed by atoms with Gasteiger partial charge < -0.3 is 10.5 Å². The highest BCUT2D eigenvalue weighted by atomic mass is 32.2. The molecule has 0 aliphatic heterocycles. The summed E-state index contributed by atoms with van der Waals surface area (Å²) in [6.45, 7) is 1.28. The summed E-state index contributed by atoms with van der Waals surface area (Å²) in [5, 5.41) is 1.53. The van der Waals surface area contributed by atoms with Crippen LogP contribution in [0.5, 0.6) is 0 Å². The number of aryl methyl sites for hydroxylation is 1. The van der Waals surface area contributed by atoms with E-state index >= 15 is 0 Å². The second-order valence-electron chi connectivity index (χ2n) is 7.23. The number of primary amides is 1. The van der Waals surface area contributed by atoms with Crippen molar-refractivity contribution in [3.63, 3.8) is 0 Å². The average Bonchev–Trinajstić information content (AvgIpc) is 3.06. The van der Waals surface area contributed by atoms with Crippen LogP contribution >= 0.6 is 11.8 Å². The van der Waals surface area contributed by atoms with Crippen molar-refractivity contribution in [2.24, 2.45) is 5.73 Å². The summed E-state index contributed by atoms with van der Waals surface area (Å²) >= 11 is 1.50. The molecule has 1 unspecified atom stereocenters. The maximum atomic E-state index is 12.7. The summed E-state index contributed by atoms with van der Waals surface area (Å²) in [7, 11) is 0. The topological polar surface area (TPSA) is 83.0 Å². The number of rotatable bonds is 6. The maximum absolute atomic E-state index is 12.7. The number of aromatic nitrogens is 3. The van der Waals surface area contributed by atoms with E-state index in [1.54, 1.807) is 12.1 Å². The van der Waals surface area contributed by atoms with Crippen LogP contribution in [0.3, 0.4) is 0 Å². The quantitative estimate of drug-likeness (QED) is 0.466. The molecular weight excluding hydrogens is 410 g/mol. The third-order valence-corrected chi connectivity index (χ3v) is 6.02. The smallest absolute Gasteiger partial charge is 0.261 e. The van der Waals surface area contributed by atoms with E-state index in [0.717, 1.165) is 40.0 Å². The van der Waals surface area contributed by atoms with E-state index in [0.29, 0.717) is 23.6 Å². The number of alkyl halides is 2. The minimum absolute atomic E-state index is 0.426. The second kappa shape index (κ2) is 8.31. The Morgan fingerprint density at radius 1 is 1.40 bits per heavy atom. The Bertz CT molecular complexity index is 1120. The Morgan fingerprint density at radius 2 is 2.20 bits per heavy atom. The summed E-state index contributed by atoms with van der Waals surface area (Å²) in [5.41, 5.74) is 9.19. The van der Waals surface area contributed by atoms with Crippen molar-refractivity contribution in [2.75, 3.05) is 12.9 Å². The fourth-order valence-corrected chi connectivity index (χ4v) is 4.66. The van der Waals surface area contributed by atoms with Crippen LogP contribution in [0.1, 0.15) is 46.3 Å². The zero-order valence-corrected chi connectivity index (χ0v) is 17.5. The van der Waals surface area contributed by atoms with Crippen LogP contribution in [0, 0.1) is 6.92 Å². The molecule has 6 nitrogen and oxygen atoms in total. The maximum Gasteiger partial charge on any atom is 0.261 e. The highest BCUT2D eigenvalue weighted by molar-refractivity contribution is 7.98. The molecule has 4 rings (SSSR count). The molecule has 1 aliphatic rings. The first-order chi connectivity index (χ1) is 14.4. The molecular formula is C21H22F2N4O2S. The van der Waals surface area contributed by atoms with Gasteiger partial charge >= 0.3 is 0 Å². The monoisotopic (exact) mass is 432 g/mol. The number of carbonyl (C=O) groups excluding carboxylic acids is 1. The van der Waals surface area contributed by atoms with E-state index in [2.05, 4.69) is 0 Å². The zero-order chi connectivity index (χ0) is 21.4. The van der Waals surface area contributed by atoms with Crippen molar-refractivity contribution in [2.45, 2.75) is 43.7 Å². The average molecular weight is 432 g/mol. The van der Waals surface area contributed by atoms with Crippen LogP contribution in [0.2, 0.25) is 0 Å². The highest BCUT2D eigenvalue weighted by Crippen LogP contribution is 2.37. The van der Waals surface area contributed by atoms with Crippen molar-refractivity contribution < 1.29 is 18.3 Å². The predicted molar refractivity (Wildman–Crippen MR) is 112 cm³/mol. The van der Waals surface area contributed by atoms with Crippen molar-refractivity contribution in [1.82, 2.24) is 14.5 Å². The Kier molecular flexibility index (Phi) is 5.75. The van der Waals surface area contributed by atoms with Gasteiger partial charge in [0.2, 0.25) is 11.9 Å². The number of fused-ring (bicyclic) bond motifs is 2. The third-order valence-electron chi connectivity index (χ3n) is 5.30. The summed E-state index contributed by atoms with van der Waals surface area (Å²) in [6, 6.07) is 7.20. The largest absolute Gasteiger partial charge is 0.366 e. The lowest BCUT2D eigenvalue weighted by atomic mass is 9.95. The lowest BCUT2D eigenvalue weighted by Gasteiger charge is -2.26. The molecule has 9 heteroatoms. The molecule has 0 bridgehead atoms. The molecule has 1 atom stereocenters. The third kappa shape index (κ3) is 3.67. The minimum atomic E-state index is -2.53. The second-order valence-corrected chi connectivity index (χ2v) is 8.02. The van der Waals surface area contributed by atoms with Gasteiger partial charge in [0, 0.05) is 22.2 Å². The van der Waals surface area contributed by atoms with Gasteiger partial charge in [0.15, 0.2) is 0 Å². The van der Waals surface area contributed by atoms with Gasteiger partial charge in [-0.15, -0.1) is 11.8 Å². The van der Waals surface area contributed by atoms with E-state index < -0.39 is 25.0 Å². The van der Waals surface area contributed by atoms with Gasteiger partial charge in [-0.05, 0) is 50.6 Å². The highest BCUT2D eigenvalue weighted by Gasteiger charge is 2.28. The molecule has 0 radical (unpaired) electrons. The molecule has 3 aromatic rings. The molecule has 0 saturated heterocycles. The van der Waals surface area contributed by atoms with Gasteiger partial charge in [-0.2, -0.15) is 0 Å². The van der Waals surface area contributed by atoms with Crippen molar-refractivity contribution in [3.8, 4) is 5.95 Å². The van der Waals surface area contributed by atoms with E-state index in [9.17, 15) is 13.6 Å². The molecule has 2 heterocycles. The zero-order valence-electron chi connectivity index (χ0n) is 16.7. The molecule has 0 spiro atoms. The molecule has 1 amide bonds. The Hall–Kier alpha value is -2.52. The molecule has 1 aromatic carbocycles. The van der Waals surface area contributed by atoms with Gasteiger partial charge in [0.05, 0.1) is 11.2 Å². The minimum Gasteiger partial charge on any atom is -0.366 e. The normalized spacial score (nSPS) is 16.2. The summed E-state index contributed by atoms with van der Waals surface area (Å²) in [4.78, 5) is 21.4. The first kappa shape index (κ1) is 20.7. The van der Waals surface area contributed by atoms with E-state index in [4.69, 9.17) is 20.4 Å². The molecule has 158 valence electrons. The van der Waals surface area contributed by atoms with Crippen LogP contribution in [-0.4, -0.2) is 39.7 Å². The fraction of sp³-hybridized carbons (Fsp3) is 0.381. The number of halogens is 2. The van der Waals surface area contributed by atoms with Crippen LogP contribution in [0.4, 0.5) is 8.78 Å². The molecule has 0 fully saturated rings. The SMILES string of the molecule is CSc1nc(-n2c(C)cc3c(C(N)=O)cccc32)nc2c1CCCC2OCC(F)F. The standard InChI is InChI=1S/C21H22F2N4O2S/c1-11-9-14-12(19(24)28)5-3-7-15(14)27(11)21-25-18-13(20(26-21)30-2)6-4-8-16(18)29-10-17(22)23/h3,5,7,9,16-17H,4,6,8,10H2,1-2H3,(H2,24,28). The first-order valence-electron chi connectivity index (χ1n) is 9.66. The number of hydrogen-bond acceptors (Lipinski definition) is 5. The number of ether oxygens (including phenoxy) is 1. The molecule has 2 aromatic heterocycles. The molecule has 1 aliphatic carbocycles. The van der Waals surface area contributed by atoms with Gasteiger partial charge in [0.25, 0.3) is 6.43 Å². The summed E-state index contributed by atoms with van der Waals surface area (Å²) in [6.07, 6.45) is 1.18. The number of nitrogens with zero attached hydrogens (tertiary/aromatic N) is 3. The van der Waals surface area contributed by atoms with Crippen LogP contribution in [0.15, 0.2) is 29.3 Å². The number of amides is 1.